The van der Waals surface area contributed by atoms with E-state index >= 15 is 0 Å². The molecule has 20 heavy (non-hydrogen) atoms. The Morgan fingerprint density at radius 1 is 1.35 bits per heavy atom. The Bertz CT molecular complexity index is 484. The Morgan fingerprint density at radius 3 is 2.70 bits per heavy atom. The molecular weight excluding hydrogens is 256 g/mol. The lowest BCUT2D eigenvalue weighted by molar-refractivity contribution is 0.0953. The van der Waals surface area contributed by atoms with Gasteiger partial charge in [0.1, 0.15) is 11.5 Å². The minimum absolute atomic E-state index is 0.185. The molecule has 1 fully saturated rings. The van der Waals surface area contributed by atoms with E-state index < -0.39 is 0 Å². The van der Waals surface area contributed by atoms with Crippen molar-refractivity contribution in [3.8, 4) is 11.5 Å². The van der Waals surface area contributed by atoms with Crippen LogP contribution in [0, 0.1) is 5.92 Å². The fourth-order valence-electron chi connectivity index (χ4n) is 2.17. The average molecular weight is 278 g/mol. The van der Waals surface area contributed by atoms with Crippen molar-refractivity contribution in [2.45, 2.75) is 25.7 Å². The quantitative estimate of drug-likeness (QED) is 0.592. The highest BCUT2D eigenvalue weighted by Gasteiger charge is 2.20. The van der Waals surface area contributed by atoms with Gasteiger partial charge in [-0.1, -0.05) is 12.8 Å². The van der Waals surface area contributed by atoms with Gasteiger partial charge in [0.15, 0.2) is 0 Å². The van der Waals surface area contributed by atoms with Crippen molar-refractivity contribution in [3.63, 3.8) is 0 Å². The summed E-state index contributed by atoms with van der Waals surface area (Å²) in [6.45, 7) is 0.675. The van der Waals surface area contributed by atoms with Crippen LogP contribution in [0.2, 0.25) is 0 Å². The molecule has 0 radical (unpaired) electrons. The molecule has 0 aromatic heterocycles. The maximum atomic E-state index is 12.2. The van der Waals surface area contributed by atoms with Crippen LogP contribution in [0.4, 0.5) is 5.69 Å². The predicted molar refractivity (Wildman–Crippen MR) is 78.2 cm³/mol. The van der Waals surface area contributed by atoms with E-state index in [-0.39, 0.29) is 5.91 Å². The highest BCUT2D eigenvalue weighted by molar-refractivity contribution is 6.00. The number of methoxy groups -OCH3 is 2. The molecule has 0 bridgehead atoms. The van der Waals surface area contributed by atoms with Crippen LogP contribution in [0.3, 0.4) is 0 Å². The maximum absolute atomic E-state index is 12.2. The fraction of sp³-hybridized carbons (Fsp3) is 0.533. The SMILES string of the molecule is COc1cc(OC)c(N)c(C(=O)NCCCC2CC2)c1. The molecule has 1 aromatic carbocycles. The molecule has 3 N–H and O–H groups in total. The van der Waals surface area contributed by atoms with Crippen LogP contribution >= 0.6 is 0 Å². The molecular formula is C15H22N2O3. The monoisotopic (exact) mass is 278 g/mol. The Morgan fingerprint density at radius 2 is 2.10 bits per heavy atom. The summed E-state index contributed by atoms with van der Waals surface area (Å²) in [4.78, 5) is 12.2. The van der Waals surface area contributed by atoms with Gasteiger partial charge in [0.2, 0.25) is 0 Å². The minimum atomic E-state index is -0.185. The molecule has 0 aliphatic heterocycles. The number of nitrogens with two attached hydrogens (primary N) is 1. The molecule has 110 valence electrons. The number of nitrogens with one attached hydrogen (secondary N) is 1. The third kappa shape index (κ3) is 3.56. The molecule has 1 aromatic rings. The van der Waals surface area contributed by atoms with Gasteiger partial charge in [-0.3, -0.25) is 4.79 Å². The number of amides is 1. The standard InChI is InChI=1S/C15H22N2O3/c1-19-11-8-12(14(16)13(9-11)20-2)15(18)17-7-3-4-10-5-6-10/h8-10H,3-7,16H2,1-2H3,(H,17,18). The summed E-state index contributed by atoms with van der Waals surface area (Å²) in [5, 5.41) is 2.90. The van der Waals surface area contributed by atoms with Gasteiger partial charge in [-0.05, 0) is 24.8 Å². The highest BCUT2D eigenvalue weighted by atomic mass is 16.5. The van der Waals surface area contributed by atoms with Crippen molar-refractivity contribution in [3.05, 3.63) is 17.7 Å². The summed E-state index contributed by atoms with van der Waals surface area (Å²) in [5.74, 6) is 1.70. The first-order chi connectivity index (χ1) is 9.65. The lowest BCUT2D eigenvalue weighted by Gasteiger charge is -2.12. The number of rotatable bonds is 7. The predicted octanol–water partition coefficient (Wildman–Crippen LogP) is 2.21. The van der Waals surface area contributed by atoms with Gasteiger partial charge in [-0.25, -0.2) is 0 Å². The van der Waals surface area contributed by atoms with Crippen molar-refractivity contribution in [1.82, 2.24) is 5.32 Å². The number of hydrogen-bond acceptors (Lipinski definition) is 4. The molecule has 5 heteroatoms. The molecule has 1 aliphatic carbocycles. The summed E-state index contributed by atoms with van der Waals surface area (Å²) < 4.78 is 10.3. The number of nitrogen functional groups attached to an aromatic ring is 1. The van der Waals surface area contributed by atoms with E-state index in [2.05, 4.69) is 5.32 Å². The summed E-state index contributed by atoms with van der Waals surface area (Å²) in [7, 11) is 3.06. The van der Waals surface area contributed by atoms with E-state index in [1.54, 1.807) is 19.2 Å². The molecule has 0 atom stereocenters. The summed E-state index contributed by atoms with van der Waals surface area (Å²) >= 11 is 0. The second kappa shape index (κ2) is 6.50. The van der Waals surface area contributed by atoms with Gasteiger partial charge in [0.05, 0.1) is 25.5 Å². The van der Waals surface area contributed by atoms with E-state index in [0.29, 0.717) is 29.3 Å². The third-order valence-corrected chi connectivity index (χ3v) is 3.59. The van der Waals surface area contributed by atoms with E-state index in [4.69, 9.17) is 15.2 Å². The zero-order valence-electron chi connectivity index (χ0n) is 12.1. The first-order valence-corrected chi connectivity index (χ1v) is 6.95. The molecule has 5 nitrogen and oxygen atoms in total. The lowest BCUT2D eigenvalue weighted by atomic mass is 10.1. The maximum Gasteiger partial charge on any atom is 0.253 e. The Kier molecular flexibility index (Phi) is 4.71. The normalized spacial score (nSPS) is 13.9. The van der Waals surface area contributed by atoms with Gasteiger partial charge >= 0.3 is 0 Å². The van der Waals surface area contributed by atoms with Gasteiger partial charge in [-0.15, -0.1) is 0 Å². The Balaban J connectivity index is 1.99. The fourth-order valence-corrected chi connectivity index (χ4v) is 2.17. The zero-order valence-corrected chi connectivity index (χ0v) is 12.1. The molecule has 0 saturated heterocycles. The summed E-state index contributed by atoms with van der Waals surface area (Å²) in [6, 6.07) is 3.30. The average Bonchev–Trinajstić information content (AvgIpc) is 3.27. The molecule has 0 spiro atoms. The second-order valence-corrected chi connectivity index (χ2v) is 5.13. The highest BCUT2D eigenvalue weighted by Crippen LogP contribution is 2.33. The van der Waals surface area contributed by atoms with Gasteiger partial charge < -0.3 is 20.5 Å². The minimum Gasteiger partial charge on any atom is -0.497 e. The van der Waals surface area contributed by atoms with Crippen molar-refractivity contribution < 1.29 is 14.3 Å². The van der Waals surface area contributed by atoms with E-state index in [0.717, 1.165) is 12.3 Å². The number of anilines is 1. The first kappa shape index (κ1) is 14.5. The van der Waals surface area contributed by atoms with Gasteiger partial charge in [0.25, 0.3) is 5.91 Å². The first-order valence-electron chi connectivity index (χ1n) is 6.95. The largest absolute Gasteiger partial charge is 0.497 e. The zero-order chi connectivity index (χ0) is 14.5. The van der Waals surface area contributed by atoms with Gasteiger partial charge in [-0.2, -0.15) is 0 Å². The van der Waals surface area contributed by atoms with Crippen molar-refractivity contribution in [2.24, 2.45) is 5.92 Å². The summed E-state index contributed by atoms with van der Waals surface area (Å²) in [5.41, 5.74) is 6.68. The number of carbonyl (C=O) groups is 1. The number of benzene rings is 1. The van der Waals surface area contributed by atoms with E-state index in [9.17, 15) is 4.79 Å². The van der Waals surface area contributed by atoms with E-state index in [1.165, 1.54) is 26.4 Å². The molecule has 0 unspecified atom stereocenters. The lowest BCUT2D eigenvalue weighted by Crippen LogP contribution is -2.25. The third-order valence-electron chi connectivity index (χ3n) is 3.59. The molecule has 1 aliphatic rings. The van der Waals surface area contributed by atoms with Crippen LogP contribution in [0.15, 0.2) is 12.1 Å². The van der Waals surface area contributed by atoms with Crippen LogP contribution < -0.4 is 20.5 Å². The topological polar surface area (TPSA) is 73.6 Å². The Hall–Kier alpha value is -1.91. The van der Waals surface area contributed by atoms with Crippen molar-refractivity contribution in [2.75, 3.05) is 26.5 Å². The van der Waals surface area contributed by atoms with Crippen molar-refractivity contribution >= 4 is 11.6 Å². The van der Waals surface area contributed by atoms with Crippen LogP contribution in [0.25, 0.3) is 0 Å². The van der Waals surface area contributed by atoms with Crippen LogP contribution in [0.5, 0.6) is 11.5 Å². The molecule has 0 heterocycles. The molecule has 1 saturated carbocycles. The number of hydrogen-bond donors (Lipinski definition) is 2. The summed E-state index contributed by atoms with van der Waals surface area (Å²) in [6.07, 6.45) is 4.89. The second-order valence-electron chi connectivity index (χ2n) is 5.13. The number of carbonyl (C=O) groups excluding carboxylic acids is 1. The van der Waals surface area contributed by atoms with Crippen LogP contribution in [-0.2, 0) is 0 Å². The van der Waals surface area contributed by atoms with Crippen LogP contribution in [-0.4, -0.2) is 26.7 Å². The van der Waals surface area contributed by atoms with E-state index in [1.807, 2.05) is 0 Å². The number of ether oxygens (including phenoxy) is 2. The van der Waals surface area contributed by atoms with Crippen molar-refractivity contribution in [1.29, 1.82) is 0 Å². The smallest absolute Gasteiger partial charge is 0.253 e. The molecule has 1 amide bonds. The Labute approximate surface area is 119 Å². The van der Waals surface area contributed by atoms with Gasteiger partial charge in [0, 0.05) is 12.6 Å². The van der Waals surface area contributed by atoms with Crippen LogP contribution in [0.1, 0.15) is 36.0 Å². The molecule has 2 rings (SSSR count).